The average molecular weight is 733 g/mol. The number of esters is 1. The molecular formula is C48H92O4. The Morgan fingerprint density at radius 2 is 0.827 bits per heavy atom. The van der Waals surface area contributed by atoms with Crippen molar-refractivity contribution in [2.24, 2.45) is 0 Å². The zero-order chi connectivity index (χ0) is 37.7. The Balaban J connectivity index is 3.34. The first-order valence-corrected chi connectivity index (χ1v) is 23.4. The van der Waals surface area contributed by atoms with Crippen LogP contribution < -0.4 is 0 Å². The molecule has 0 fully saturated rings. The summed E-state index contributed by atoms with van der Waals surface area (Å²) in [5.41, 5.74) is 0. The highest BCUT2D eigenvalue weighted by atomic mass is 16.6. The monoisotopic (exact) mass is 733 g/mol. The molecule has 0 spiro atoms. The second-order valence-corrected chi connectivity index (χ2v) is 15.8. The maximum absolute atomic E-state index is 12.2. The number of rotatable bonds is 44. The summed E-state index contributed by atoms with van der Waals surface area (Å²) in [7, 11) is 0. The molecule has 0 aromatic carbocycles. The zero-order valence-corrected chi connectivity index (χ0v) is 35.3. The Labute approximate surface area is 326 Å². The first-order valence-electron chi connectivity index (χ1n) is 23.4. The molecule has 0 aromatic rings. The number of allylic oxidation sites excluding steroid dienone is 4. The van der Waals surface area contributed by atoms with Gasteiger partial charge in [-0.2, -0.15) is 0 Å². The number of aliphatic hydroxyl groups excluding tert-OH is 1. The van der Waals surface area contributed by atoms with Gasteiger partial charge in [0.25, 0.3) is 0 Å². The summed E-state index contributed by atoms with van der Waals surface area (Å²) in [5.74, 6) is -0.210. The van der Waals surface area contributed by atoms with Crippen molar-refractivity contribution in [2.45, 2.75) is 258 Å². The Morgan fingerprint density at radius 3 is 1.25 bits per heavy atom. The molecule has 52 heavy (non-hydrogen) atoms. The van der Waals surface area contributed by atoms with E-state index in [4.69, 9.17) is 9.47 Å². The van der Waals surface area contributed by atoms with Crippen molar-refractivity contribution in [2.75, 3.05) is 19.8 Å². The Hall–Kier alpha value is -1.13. The molecule has 308 valence electrons. The first-order chi connectivity index (χ1) is 25.7. The third kappa shape index (κ3) is 43.3. The van der Waals surface area contributed by atoms with Crippen molar-refractivity contribution in [3.8, 4) is 0 Å². The molecule has 0 aromatic heterocycles. The molecule has 0 heterocycles. The van der Waals surface area contributed by atoms with E-state index in [9.17, 15) is 9.90 Å². The molecule has 1 atom stereocenters. The molecule has 0 aliphatic rings. The fourth-order valence-electron chi connectivity index (χ4n) is 6.99. The van der Waals surface area contributed by atoms with Crippen LogP contribution in [0, 0.1) is 0 Å². The van der Waals surface area contributed by atoms with E-state index in [-0.39, 0.29) is 12.6 Å². The topological polar surface area (TPSA) is 55.8 Å². The van der Waals surface area contributed by atoms with E-state index in [1.54, 1.807) is 0 Å². The van der Waals surface area contributed by atoms with Gasteiger partial charge in [-0.3, -0.25) is 4.79 Å². The van der Waals surface area contributed by atoms with Crippen LogP contribution in [0.1, 0.15) is 251 Å². The van der Waals surface area contributed by atoms with Gasteiger partial charge in [0.15, 0.2) is 0 Å². The van der Waals surface area contributed by atoms with Gasteiger partial charge in [0.05, 0.1) is 13.2 Å². The van der Waals surface area contributed by atoms with Crippen molar-refractivity contribution in [1.29, 1.82) is 0 Å². The zero-order valence-electron chi connectivity index (χ0n) is 35.3. The Morgan fingerprint density at radius 1 is 0.462 bits per heavy atom. The van der Waals surface area contributed by atoms with E-state index in [1.165, 1.54) is 193 Å². The molecule has 1 N–H and O–H groups in total. The minimum absolute atomic E-state index is 0.173. The predicted molar refractivity (Wildman–Crippen MR) is 228 cm³/mol. The number of carbonyl (C=O) groups excluding carboxylic acids is 1. The molecule has 4 nitrogen and oxygen atoms in total. The maximum Gasteiger partial charge on any atom is 0.306 e. The largest absolute Gasteiger partial charge is 0.457 e. The van der Waals surface area contributed by atoms with Crippen LogP contribution in [-0.2, 0) is 14.3 Å². The molecule has 4 heteroatoms. The molecule has 0 rings (SSSR count). The number of carbonyl (C=O) groups is 1. The Bertz CT molecular complexity index is 732. The lowest BCUT2D eigenvalue weighted by Gasteiger charge is -2.15. The summed E-state index contributed by atoms with van der Waals surface area (Å²) in [6, 6.07) is 0. The number of hydrogen-bond acceptors (Lipinski definition) is 4. The normalized spacial score (nSPS) is 12.4. The molecule has 0 bridgehead atoms. The second-order valence-electron chi connectivity index (χ2n) is 15.8. The van der Waals surface area contributed by atoms with Crippen molar-refractivity contribution < 1.29 is 19.4 Å². The smallest absolute Gasteiger partial charge is 0.306 e. The van der Waals surface area contributed by atoms with Crippen LogP contribution in [0.4, 0.5) is 0 Å². The first kappa shape index (κ1) is 50.9. The standard InChI is InChI=1S/C48H92O4/c1-3-5-7-9-11-13-15-17-19-20-21-22-23-24-25-26-27-28-29-30-32-34-36-38-40-42-44-51-46-47(45-49)52-48(50)43-41-39-37-35-33-31-18-16-14-12-10-8-6-4-2/h10,12,16,18,47,49H,3-9,11,13-15,17,19-46H2,1-2H3/b12-10-,18-16-. The summed E-state index contributed by atoms with van der Waals surface area (Å²) < 4.78 is 11.2. The minimum Gasteiger partial charge on any atom is -0.457 e. The molecule has 0 radical (unpaired) electrons. The summed E-state index contributed by atoms with van der Waals surface area (Å²) in [6.07, 6.45) is 56.9. The van der Waals surface area contributed by atoms with Gasteiger partial charge in [-0.25, -0.2) is 0 Å². The van der Waals surface area contributed by atoms with Gasteiger partial charge in [0.2, 0.25) is 0 Å². The number of ether oxygens (including phenoxy) is 2. The summed E-state index contributed by atoms with van der Waals surface area (Å²) in [6.45, 7) is 5.33. The SMILES string of the molecule is CCCC/C=C\C/C=C\CCCCCCCC(=O)OC(CO)COCCCCCCCCCCCCCCCCCCCCCCCCCCCC. The maximum atomic E-state index is 12.2. The third-order valence-corrected chi connectivity index (χ3v) is 10.5. The molecule has 0 amide bonds. The van der Waals surface area contributed by atoms with Crippen LogP contribution in [0.5, 0.6) is 0 Å². The fraction of sp³-hybridized carbons (Fsp3) is 0.896. The van der Waals surface area contributed by atoms with Crippen LogP contribution in [-0.4, -0.2) is 37.0 Å². The number of hydrogen-bond donors (Lipinski definition) is 1. The quantitative estimate of drug-likeness (QED) is 0.0385. The van der Waals surface area contributed by atoms with E-state index >= 15 is 0 Å². The highest BCUT2D eigenvalue weighted by molar-refractivity contribution is 5.69. The van der Waals surface area contributed by atoms with Crippen molar-refractivity contribution >= 4 is 5.97 Å². The van der Waals surface area contributed by atoms with Gasteiger partial charge in [-0.15, -0.1) is 0 Å². The molecule has 0 saturated carbocycles. The lowest BCUT2D eigenvalue weighted by atomic mass is 10.0. The van der Waals surface area contributed by atoms with Crippen LogP contribution in [0.15, 0.2) is 24.3 Å². The highest BCUT2D eigenvalue weighted by Gasteiger charge is 2.13. The molecule has 1 unspecified atom stereocenters. The van der Waals surface area contributed by atoms with E-state index in [0.29, 0.717) is 19.6 Å². The van der Waals surface area contributed by atoms with Crippen LogP contribution >= 0.6 is 0 Å². The van der Waals surface area contributed by atoms with E-state index in [2.05, 4.69) is 38.2 Å². The lowest BCUT2D eigenvalue weighted by Crippen LogP contribution is -2.27. The van der Waals surface area contributed by atoms with E-state index in [1.807, 2.05) is 0 Å². The van der Waals surface area contributed by atoms with Crippen molar-refractivity contribution in [3.63, 3.8) is 0 Å². The molecule has 0 aliphatic heterocycles. The van der Waals surface area contributed by atoms with Gasteiger partial charge in [-0.05, 0) is 38.5 Å². The van der Waals surface area contributed by atoms with Gasteiger partial charge in [0.1, 0.15) is 6.10 Å². The fourth-order valence-corrected chi connectivity index (χ4v) is 6.99. The molecular weight excluding hydrogens is 641 g/mol. The van der Waals surface area contributed by atoms with Gasteiger partial charge < -0.3 is 14.6 Å². The Kier molecular flexibility index (Phi) is 45.0. The summed E-state index contributed by atoms with van der Waals surface area (Å²) >= 11 is 0. The minimum atomic E-state index is -0.537. The van der Waals surface area contributed by atoms with Crippen LogP contribution in [0.3, 0.4) is 0 Å². The number of aliphatic hydroxyl groups is 1. The summed E-state index contributed by atoms with van der Waals surface area (Å²) in [4.78, 5) is 12.2. The summed E-state index contributed by atoms with van der Waals surface area (Å²) in [5, 5.41) is 9.60. The van der Waals surface area contributed by atoms with Crippen LogP contribution in [0.2, 0.25) is 0 Å². The highest BCUT2D eigenvalue weighted by Crippen LogP contribution is 2.16. The van der Waals surface area contributed by atoms with Gasteiger partial charge >= 0.3 is 5.97 Å². The molecule has 0 saturated heterocycles. The van der Waals surface area contributed by atoms with E-state index < -0.39 is 6.10 Å². The predicted octanol–water partition coefficient (Wildman–Crippen LogP) is 15.5. The van der Waals surface area contributed by atoms with Gasteiger partial charge in [0, 0.05) is 13.0 Å². The van der Waals surface area contributed by atoms with E-state index in [0.717, 1.165) is 38.5 Å². The second kappa shape index (κ2) is 46.0. The number of unbranched alkanes of at least 4 members (excludes halogenated alkanes) is 32. The van der Waals surface area contributed by atoms with Crippen molar-refractivity contribution in [3.05, 3.63) is 24.3 Å². The van der Waals surface area contributed by atoms with Crippen LogP contribution in [0.25, 0.3) is 0 Å². The molecule has 0 aliphatic carbocycles. The average Bonchev–Trinajstić information content (AvgIpc) is 3.15. The van der Waals surface area contributed by atoms with Gasteiger partial charge in [-0.1, -0.05) is 231 Å². The third-order valence-electron chi connectivity index (χ3n) is 10.5. The van der Waals surface area contributed by atoms with Crippen molar-refractivity contribution in [1.82, 2.24) is 0 Å². The lowest BCUT2D eigenvalue weighted by molar-refractivity contribution is -0.154.